The zero-order chi connectivity index (χ0) is 26.3. The van der Waals surface area contributed by atoms with Crippen molar-refractivity contribution in [3.63, 3.8) is 0 Å². The van der Waals surface area contributed by atoms with Gasteiger partial charge in [-0.2, -0.15) is 13.2 Å². The van der Waals surface area contributed by atoms with Crippen LogP contribution in [0.15, 0.2) is 53.4 Å². The summed E-state index contributed by atoms with van der Waals surface area (Å²) in [5, 5.41) is 3.40. The highest BCUT2D eigenvalue weighted by atomic mass is 32.2. The van der Waals surface area contributed by atoms with Gasteiger partial charge in [0.25, 0.3) is 0 Å². The van der Waals surface area contributed by atoms with E-state index in [1.165, 1.54) is 42.5 Å². The summed E-state index contributed by atoms with van der Waals surface area (Å²) >= 11 is -0.100. The lowest BCUT2D eigenvalue weighted by atomic mass is 9.90. The average molecular weight is 550 g/mol. The number of carbonyl (C=O) groups excluding carboxylic acids is 1. The molecule has 2 aliphatic heterocycles. The van der Waals surface area contributed by atoms with Crippen molar-refractivity contribution in [2.75, 3.05) is 38.0 Å². The first-order chi connectivity index (χ1) is 17.7. The van der Waals surface area contributed by atoms with Gasteiger partial charge in [0.2, 0.25) is 5.91 Å². The van der Waals surface area contributed by atoms with Crippen LogP contribution in [0.2, 0.25) is 0 Å². The Hall–Kier alpha value is -2.19. The number of benzene rings is 2. The lowest BCUT2D eigenvalue weighted by molar-refractivity contribution is -0.132. The number of halogens is 3. The Bertz CT molecular complexity index is 981. The molecular weight excluding hydrogens is 507 g/mol. The average Bonchev–Trinajstić information content (AvgIpc) is 2.87. The second-order valence-electron chi connectivity index (χ2n) is 10.4. The van der Waals surface area contributed by atoms with Gasteiger partial charge in [-0.1, -0.05) is 37.3 Å². The molecule has 2 heterocycles. The SMILES string of the molecule is C.Cc1ccc(CC2CCN(CCCC(=O)N3CCC(Nc4ccc(SC(F)(F)F)cc4)CC3)CC2)cc1. The Balaban J connectivity index is 0.00000400. The summed E-state index contributed by atoms with van der Waals surface area (Å²) in [4.78, 5) is 17.4. The van der Waals surface area contributed by atoms with Crippen molar-refractivity contribution in [1.29, 1.82) is 0 Å². The van der Waals surface area contributed by atoms with Gasteiger partial charge in [0.15, 0.2) is 0 Å². The second-order valence-corrected chi connectivity index (χ2v) is 11.6. The molecule has 0 unspecified atom stereocenters. The number of thioether (sulfide) groups is 1. The number of rotatable bonds is 9. The molecule has 2 saturated heterocycles. The molecule has 2 aromatic carbocycles. The molecular formula is C30H42F3N3OS. The molecule has 4 rings (SSSR count). The maximum atomic E-state index is 12.7. The first-order valence-corrected chi connectivity index (χ1v) is 14.2. The number of likely N-dealkylation sites (tertiary alicyclic amines) is 2. The lowest BCUT2D eigenvalue weighted by Crippen LogP contribution is -2.42. The van der Waals surface area contributed by atoms with Crippen molar-refractivity contribution in [2.45, 2.75) is 75.7 Å². The molecule has 0 bridgehead atoms. The Morgan fingerprint density at radius 2 is 1.58 bits per heavy atom. The van der Waals surface area contributed by atoms with E-state index in [0.29, 0.717) is 6.42 Å². The Morgan fingerprint density at radius 3 is 2.18 bits per heavy atom. The molecule has 2 aliphatic rings. The summed E-state index contributed by atoms with van der Waals surface area (Å²) in [6.45, 7) is 6.81. The van der Waals surface area contributed by atoms with E-state index in [9.17, 15) is 18.0 Å². The van der Waals surface area contributed by atoms with Crippen LogP contribution in [0.25, 0.3) is 0 Å². The van der Waals surface area contributed by atoms with Gasteiger partial charge in [-0.3, -0.25) is 4.79 Å². The zero-order valence-electron chi connectivity index (χ0n) is 21.6. The van der Waals surface area contributed by atoms with E-state index < -0.39 is 5.51 Å². The minimum atomic E-state index is -4.27. The molecule has 4 nitrogen and oxygen atoms in total. The summed E-state index contributed by atoms with van der Waals surface area (Å²) in [6.07, 6.45) is 6.82. The van der Waals surface area contributed by atoms with Gasteiger partial charge in [-0.25, -0.2) is 0 Å². The third-order valence-electron chi connectivity index (χ3n) is 7.52. The topological polar surface area (TPSA) is 35.6 Å². The van der Waals surface area contributed by atoms with Gasteiger partial charge >= 0.3 is 5.51 Å². The number of alkyl halides is 3. The number of hydrogen-bond donors (Lipinski definition) is 1. The molecule has 0 aliphatic carbocycles. The van der Waals surface area contributed by atoms with E-state index in [-0.39, 0.29) is 36.0 Å². The van der Waals surface area contributed by atoms with E-state index in [0.717, 1.165) is 63.6 Å². The van der Waals surface area contributed by atoms with Crippen molar-refractivity contribution >= 4 is 23.4 Å². The van der Waals surface area contributed by atoms with Crippen LogP contribution in [0, 0.1) is 12.8 Å². The molecule has 1 N–H and O–H groups in total. The van der Waals surface area contributed by atoms with Crippen molar-refractivity contribution in [3.05, 3.63) is 59.7 Å². The van der Waals surface area contributed by atoms with Crippen LogP contribution in [0.5, 0.6) is 0 Å². The second kappa shape index (κ2) is 14.3. The molecule has 38 heavy (non-hydrogen) atoms. The molecule has 2 fully saturated rings. The van der Waals surface area contributed by atoms with Crippen LogP contribution in [0.4, 0.5) is 18.9 Å². The smallest absolute Gasteiger partial charge is 0.382 e. The van der Waals surface area contributed by atoms with Crippen LogP contribution in [0.3, 0.4) is 0 Å². The number of hydrogen-bond acceptors (Lipinski definition) is 4. The van der Waals surface area contributed by atoms with Gasteiger partial charge in [0.1, 0.15) is 0 Å². The summed E-state index contributed by atoms with van der Waals surface area (Å²) in [5.74, 6) is 0.994. The molecule has 2 aromatic rings. The molecule has 210 valence electrons. The highest BCUT2D eigenvalue weighted by Gasteiger charge is 2.29. The van der Waals surface area contributed by atoms with Crippen LogP contribution in [-0.4, -0.2) is 60.0 Å². The van der Waals surface area contributed by atoms with Gasteiger partial charge in [-0.05, 0) is 113 Å². The quantitative estimate of drug-likeness (QED) is 0.331. The van der Waals surface area contributed by atoms with Crippen LogP contribution < -0.4 is 5.32 Å². The maximum absolute atomic E-state index is 12.7. The number of piperidine rings is 2. The third kappa shape index (κ3) is 9.84. The van der Waals surface area contributed by atoms with Crippen molar-refractivity contribution in [3.8, 4) is 0 Å². The van der Waals surface area contributed by atoms with E-state index in [1.54, 1.807) is 12.1 Å². The van der Waals surface area contributed by atoms with E-state index in [4.69, 9.17) is 0 Å². The number of aryl methyl sites for hydroxylation is 1. The minimum Gasteiger partial charge on any atom is -0.382 e. The van der Waals surface area contributed by atoms with E-state index >= 15 is 0 Å². The fourth-order valence-electron chi connectivity index (χ4n) is 5.35. The molecule has 8 heteroatoms. The van der Waals surface area contributed by atoms with Gasteiger partial charge in [0.05, 0.1) is 0 Å². The van der Waals surface area contributed by atoms with Crippen LogP contribution in [-0.2, 0) is 11.2 Å². The molecule has 0 aromatic heterocycles. The monoisotopic (exact) mass is 549 g/mol. The van der Waals surface area contributed by atoms with E-state index in [2.05, 4.69) is 41.4 Å². The van der Waals surface area contributed by atoms with E-state index in [1.807, 2.05) is 4.90 Å². The number of nitrogens with one attached hydrogen (secondary N) is 1. The minimum absolute atomic E-state index is 0. The van der Waals surface area contributed by atoms with Gasteiger partial charge in [0, 0.05) is 36.1 Å². The fourth-order valence-corrected chi connectivity index (χ4v) is 5.88. The maximum Gasteiger partial charge on any atom is 0.446 e. The zero-order valence-corrected chi connectivity index (χ0v) is 22.4. The molecule has 0 radical (unpaired) electrons. The molecule has 0 saturated carbocycles. The molecule has 0 atom stereocenters. The summed E-state index contributed by atoms with van der Waals surface area (Å²) in [7, 11) is 0. The first kappa shape index (κ1) is 30.4. The fraction of sp³-hybridized carbons (Fsp3) is 0.567. The van der Waals surface area contributed by atoms with Crippen LogP contribution >= 0.6 is 11.8 Å². The summed E-state index contributed by atoms with van der Waals surface area (Å²) in [6, 6.07) is 15.5. The highest BCUT2D eigenvalue weighted by Crippen LogP contribution is 2.37. The Kier molecular flexibility index (Phi) is 11.4. The summed E-state index contributed by atoms with van der Waals surface area (Å²) in [5.41, 5.74) is -0.706. The van der Waals surface area contributed by atoms with Gasteiger partial charge in [-0.15, -0.1) is 0 Å². The standard InChI is InChI=1S/C29H38F3N3OS.CH4/c1-22-4-6-23(7-5-22)21-24-12-17-34(18-13-24)16-2-3-28(36)35-19-14-26(15-20-35)33-25-8-10-27(11-9-25)37-29(30,31)32;/h4-11,24,26,33H,2-3,12-21H2,1H3;1H4. The molecule has 0 spiro atoms. The van der Waals surface area contributed by atoms with Crippen LogP contribution in [0.1, 0.15) is 57.1 Å². The Morgan fingerprint density at radius 1 is 0.947 bits per heavy atom. The lowest BCUT2D eigenvalue weighted by Gasteiger charge is -2.34. The van der Waals surface area contributed by atoms with Crippen molar-refractivity contribution < 1.29 is 18.0 Å². The first-order valence-electron chi connectivity index (χ1n) is 13.4. The number of nitrogens with zero attached hydrogens (tertiary/aromatic N) is 2. The Labute approximate surface area is 230 Å². The van der Waals surface area contributed by atoms with Crippen molar-refractivity contribution in [1.82, 2.24) is 9.80 Å². The van der Waals surface area contributed by atoms with Gasteiger partial charge < -0.3 is 15.1 Å². The number of carbonyl (C=O) groups is 1. The normalized spacial score (nSPS) is 17.7. The summed E-state index contributed by atoms with van der Waals surface area (Å²) < 4.78 is 37.5. The van der Waals surface area contributed by atoms with Crippen molar-refractivity contribution in [2.24, 2.45) is 5.92 Å². The predicted octanol–water partition coefficient (Wildman–Crippen LogP) is 7.38. The third-order valence-corrected chi connectivity index (χ3v) is 8.26. The number of amides is 1. The predicted molar refractivity (Wildman–Crippen MR) is 152 cm³/mol. The highest BCUT2D eigenvalue weighted by molar-refractivity contribution is 8.00. The molecule has 1 amide bonds. The largest absolute Gasteiger partial charge is 0.446 e. The number of anilines is 1.